The summed E-state index contributed by atoms with van der Waals surface area (Å²) in [5.41, 5.74) is 12.7. The number of benzene rings is 3. The molecule has 15 heteroatoms. The molecule has 4 aromatic rings. The van der Waals surface area contributed by atoms with Gasteiger partial charge in [-0.15, -0.1) is 18.3 Å². The highest BCUT2D eigenvalue weighted by molar-refractivity contribution is 8.15. The molecule has 0 bridgehead atoms. The van der Waals surface area contributed by atoms with Crippen molar-refractivity contribution in [3.05, 3.63) is 84.2 Å². The van der Waals surface area contributed by atoms with Crippen LogP contribution in [-0.2, 0) is 4.79 Å². The number of carbonyl (C=O) groups excluding carboxylic acids is 1. The number of anilines is 2. The van der Waals surface area contributed by atoms with Crippen LogP contribution in [0.1, 0.15) is 11.1 Å². The number of nitrogen functional groups attached to an aromatic ring is 1. The van der Waals surface area contributed by atoms with Crippen molar-refractivity contribution in [3.63, 3.8) is 0 Å². The number of rotatable bonds is 6. The normalized spacial score (nSPS) is 14.6. The number of hydrogen-bond donors (Lipinski definition) is 2. The number of nitrogens with two attached hydrogens (primary N) is 1. The van der Waals surface area contributed by atoms with Gasteiger partial charge in [-0.25, -0.2) is 9.67 Å². The molecule has 1 fully saturated rings. The molecule has 0 unspecified atom stereocenters. The van der Waals surface area contributed by atoms with Gasteiger partial charge in [0.2, 0.25) is 11.0 Å². The maximum Gasteiger partial charge on any atom is 0.573 e. The molecule has 1 saturated heterocycles. The summed E-state index contributed by atoms with van der Waals surface area (Å²) < 4.78 is 42.5. The van der Waals surface area contributed by atoms with Gasteiger partial charge in [-0.1, -0.05) is 42.1 Å². The van der Waals surface area contributed by atoms with Gasteiger partial charge in [0.05, 0.1) is 29.0 Å². The first-order chi connectivity index (χ1) is 20.1. The fourth-order valence-electron chi connectivity index (χ4n) is 3.84. The Morgan fingerprint density at radius 1 is 1.14 bits per heavy atom. The zero-order chi connectivity index (χ0) is 29.9. The van der Waals surface area contributed by atoms with Gasteiger partial charge in [-0.3, -0.25) is 15.1 Å². The molecular formula is C27H21F3N8O2S2. The van der Waals surface area contributed by atoms with E-state index in [2.05, 4.69) is 30.3 Å². The molecule has 3 N–H and O–H groups in total. The lowest BCUT2D eigenvalue weighted by molar-refractivity contribution is -0.274. The summed E-state index contributed by atoms with van der Waals surface area (Å²) in [6, 6.07) is 17.9. The van der Waals surface area contributed by atoms with E-state index in [0.717, 1.165) is 16.7 Å². The standard InChI is InChI=1S/C27H21F3N8O2S2/c1-16-2-11-21(31)22(12-16)38-23(39)14-42-26(38)34-25(41)35-33-13-17-3-5-18(6-4-17)24-32-15-37(36-24)19-7-9-20(10-8-19)40-27(28,29)30/h2-13,15H,14,31H2,1H3,(H,35,41)/b33-13+,34-26?. The molecule has 1 amide bonds. The lowest BCUT2D eigenvalue weighted by atomic mass is 10.1. The number of amidine groups is 1. The van der Waals surface area contributed by atoms with Crippen LogP contribution >= 0.6 is 24.0 Å². The molecule has 3 aromatic carbocycles. The molecule has 0 aliphatic carbocycles. The van der Waals surface area contributed by atoms with E-state index < -0.39 is 6.36 Å². The van der Waals surface area contributed by atoms with Crippen molar-refractivity contribution in [2.45, 2.75) is 13.3 Å². The predicted molar refractivity (Wildman–Crippen MR) is 160 cm³/mol. The van der Waals surface area contributed by atoms with E-state index >= 15 is 0 Å². The van der Waals surface area contributed by atoms with Gasteiger partial charge in [0.25, 0.3) is 0 Å². The zero-order valence-corrected chi connectivity index (χ0v) is 23.4. The number of ether oxygens (including phenoxy) is 1. The Kier molecular flexibility index (Phi) is 8.22. The van der Waals surface area contributed by atoms with Crippen LogP contribution in [0.2, 0.25) is 0 Å². The molecule has 10 nitrogen and oxygen atoms in total. The highest BCUT2D eigenvalue weighted by Crippen LogP contribution is 2.32. The van der Waals surface area contributed by atoms with E-state index in [0.29, 0.717) is 28.1 Å². The first-order valence-electron chi connectivity index (χ1n) is 12.2. The van der Waals surface area contributed by atoms with Crippen molar-refractivity contribution in [3.8, 4) is 22.8 Å². The molecule has 0 spiro atoms. The largest absolute Gasteiger partial charge is 0.573 e. The third kappa shape index (κ3) is 6.92. The molecule has 0 radical (unpaired) electrons. The summed E-state index contributed by atoms with van der Waals surface area (Å²) >= 11 is 6.55. The third-order valence-electron chi connectivity index (χ3n) is 5.76. The van der Waals surface area contributed by atoms with Crippen LogP contribution < -0.4 is 20.8 Å². The second kappa shape index (κ2) is 12.0. The van der Waals surface area contributed by atoms with Gasteiger partial charge in [0, 0.05) is 5.56 Å². The quantitative estimate of drug-likeness (QED) is 0.134. The van der Waals surface area contributed by atoms with E-state index in [1.165, 1.54) is 51.9 Å². The van der Waals surface area contributed by atoms with E-state index in [1.54, 1.807) is 36.5 Å². The number of nitrogens with one attached hydrogen (secondary N) is 1. The van der Waals surface area contributed by atoms with Crippen LogP contribution in [0, 0.1) is 6.92 Å². The summed E-state index contributed by atoms with van der Waals surface area (Å²) in [4.78, 5) is 22.6. The highest BCUT2D eigenvalue weighted by Gasteiger charge is 2.32. The number of thiocarbonyl (C=S) groups is 1. The number of aliphatic imine (C=N–C) groups is 1. The first kappa shape index (κ1) is 28.8. The van der Waals surface area contributed by atoms with E-state index in [-0.39, 0.29) is 22.5 Å². The SMILES string of the molecule is Cc1ccc(N)c(N2C(=O)CSC2=NC(=S)N/N=C/c2ccc(-c3ncn(-c4ccc(OC(F)(F)F)cc4)n3)cc2)c1. The first-order valence-corrected chi connectivity index (χ1v) is 13.6. The zero-order valence-electron chi connectivity index (χ0n) is 21.7. The van der Waals surface area contributed by atoms with Gasteiger partial charge in [-0.05, 0) is 66.7 Å². The van der Waals surface area contributed by atoms with Gasteiger partial charge in [0.15, 0.2) is 11.0 Å². The molecule has 2 heterocycles. The van der Waals surface area contributed by atoms with Crippen molar-refractivity contribution in [2.75, 3.05) is 16.4 Å². The molecule has 1 aromatic heterocycles. The summed E-state index contributed by atoms with van der Waals surface area (Å²) in [5, 5.41) is 9.00. The fourth-order valence-corrected chi connectivity index (χ4v) is 4.91. The summed E-state index contributed by atoms with van der Waals surface area (Å²) in [5.74, 6) is 0.177. The minimum Gasteiger partial charge on any atom is -0.406 e. The third-order valence-corrected chi connectivity index (χ3v) is 6.86. The average Bonchev–Trinajstić information content (AvgIpc) is 3.57. The number of carbonyl (C=O) groups is 1. The monoisotopic (exact) mass is 610 g/mol. The van der Waals surface area contributed by atoms with Crippen molar-refractivity contribution >= 4 is 57.8 Å². The topological polar surface area (TPSA) is 123 Å². The van der Waals surface area contributed by atoms with E-state index in [9.17, 15) is 18.0 Å². The Labute approximate surface area is 247 Å². The molecule has 0 saturated carbocycles. The van der Waals surface area contributed by atoms with E-state index in [4.69, 9.17) is 18.0 Å². The number of halogens is 3. The number of hydrogen-bond acceptors (Lipinski definition) is 8. The number of aryl methyl sites for hydroxylation is 1. The molecule has 214 valence electrons. The minimum absolute atomic E-state index is 0.0732. The van der Waals surface area contributed by atoms with Crippen LogP contribution in [0.3, 0.4) is 0 Å². The molecule has 0 atom stereocenters. The molecular weight excluding hydrogens is 589 g/mol. The molecule has 5 rings (SSSR count). The Hall–Kier alpha value is -4.76. The van der Waals surface area contributed by atoms with Gasteiger partial charge in [0.1, 0.15) is 12.1 Å². The Balaban J connectivity index is 1.20. The van der Waals surface area contributed by atoms with Crippen molar-refractivity contribution in [2.24, 2.45) is 10.1 Å². The number of thioether (sulfide) groups is 1. The summed E-state index contributed by atoms with van der Waals surface area (Å²) in [6.07, 6.45) is -1.75. The smallest absolute Gasteiger partial charge is 0.406 e. The molecule has 1 aliphatic rings. The lowest BCUT2D eigenvalue weighted by Gasteiger charge is -2.18. The van der Waals surface area contributed by atoms with Crippen molar-refractivity contribution in [1.29, 1.82) is 0 Å². The average molecular weight is 611 g/mol. The van der Waals surface area contributed by atoms with Crippen LogP contribution in [0.25, 0.3) is 17.1 Å². The Morgan fingerprint density at radius 3 is 2.60 bits per heavy atom. The van der Waals surface area contributed by atoms with Crippen molar-refractivity contribution < 1.29 is 22.7 Å². The maximum atomic E-state index is 12.5. The Bertz CT molecular complexity index is 1690. The van der Waals surface area contributed by atoms with E-state index in [1.807, 2.05) is 19.1 Å². The van der Waals surface area contributed by atoms with Crippen LogP contribution in [0.5, 0.6) is 5.75 Å². The molecule has 1 aliphatic heterocycles. The summed E-state index contributed by atoms with van der Waals surface area (Å²) in [7, 11) is 0. The number of hydrazone groups is 1. The number of aromatic nitrogens is 3. The maximum absolute atomic E-state index is 12.5. The van der Waals surface area contributed by atoms with Gasteiger partial charge < -0.3 is 10.5 Å². The highest BCUT2D eigenvalue weighted by atomic mass is 32.2. The molecule has 42 heavy (non-hydrogen) atoms. The second-order valence-electron chi connectivity index (χ2n) is 8.83. The predicted octanol–water partition coefficient (Wildman–Crippen LogP) is 5.07. The number of amides is 1. The number of alkyl halides is 3. The van der Waals surface area contributed by atoms with Crippen LogP contribution in [-0.4, -0.2) is 49.3 Å². The fraction of sp³-hybridized carbons (Fsp3) is 0.111. The minimum atomic E-state index is -4.76. The lowest BCUT2D eigenvalue weighted by Crippen LogP contribution is -2.31. The Morgan fingerprint density at radius 2 is 1.88 bits per heavy atom. The number of nitrogens with zero attached hydrogens (tertiary/aromatic N) is 6. The van der Waals surface area contributed by atoms with Crippen LogP contribution in [0.15, 0.2) is 83.2 Å². The second-order valence-corrected chi connectivity index (χ2v) is 10.2. The summed E-state index contributed by atoms with van der Waals surface area (Å²) in [6.45, 7) is 1.91. The van der Waals surface area contributed by atoms with Crippen molar-refractivity contribution in [1.82, 2.24) is 20.2 Å². The van der Waals surface area contributed by atoms with Gasteiger partial charge >= 0.3 is 6.36 Å². The van der Waals surface area contributed by atoms with Gasteiger partial charge in [-0.2, -0.15) is 10.1 Å². The van der Waals surface area contributed by atoms with Crippen LogP contribution in [0.4, 0.5) is 24.5 Å².